The molecule has 0 spiro atoms. The van der Waals surface area contributed by atoms with E-state index in [1.54, 1.807) is 6.07 Å². The summed E-state index contributed by atoms with van der Waals surface area (Å²) in [6, 6.07) is 3.03. The number of pyridine rings is 2. The van der Waals surface area contributed by atoms with Crippen LogP contribution in [0.3, 0.4) is 0 Å². The fourth-order valence-electron chi connectivity index (χ4n) is 1.61. The van der Waals surface area contributed by atoms with E-state index in [4.69, 9.17) is 16.3 Å². The zero-order valence-corrected chi connectivity index (χ0v) is 12.9. The molecule has 2 heterocycles. The molecule has 0 unspecified atom stereocenters. The van der Waals surface area contributed by atoms with E-state index in [1.807, 2.05) is 20.8 Å². The van der Waals surface area contributed by atoms with Gasteiger partial charge in [-0.3, -0.25) is 4.98 Å². The minimum atomic E-state index is -0.405. The van der Waals surface area contributed by atoms with Crippen molar-refractivity contribution in [2.75, 3.05) is 0 Å². The quantitative estimate of drug-likeness (QED) is 0.929. The second-order valence-electron chi connectivity index (χ2n) is 5.66. The summed E-state index contributed by atoms with van der Waals surface area (Å²) in [7, 11) is 0. The van der Waals surface area contributed by atoms with E-state index in [0.29, 0.717) is 28.8 Å². The summed E-state index contributed by atoms with van der Waals surface area (Å²) in [6.45, 7) is 6.53. The summed E-state index contributed by atoms with van der Waals surface area (Å²) >= 11 is 5.86. The topological polar surface area (TPSA) is 47.0 Å². The Bertz CT molecular complexity index is 629. The van der Waals surface area contributed by atoms with Crippen molar-refractivity contribution in [2.45, 2.75) is 32.9 Å². The van der Waals surface area contributed by atoms with Gasteiger partial charge in [0, 0.05) is 29.9 Å². The van der Waals surface area contributed by atoms with Crippen LogP contribution in [0.5, 0.6) is 11.6 Å². The van der Waals surface area contributed by atoms with Crippen LogP contribution in [-0.4, -0.2) is 15.5 Å². The second kappa shape index (κ2) is 6.37. The van der Waals surface area contributed by atoms with E-state index in [1.165, 1.54) is 18.5 Å². The molecule has 0 bridgehead atoms. The van der Waals surface area contributed by atoms with Gasteiger partial charge in [-0.15, -0.1) is 0 Å². The van der Waals surface area contributed by atoms with Crippen molar-refractivity contribution in [3.8, 4) is 11.6 Å². The van der Waals surface area contributed by atoms with Crippen molar-refractivity contribution in [3.05, 3.63) is 47.1 Å². The third kappa shape index (κ3) is 4.95. The molecule has 2 aromatic heterocycles. The predicted octanol–water partition coefficient (Wildman–Crippen LogP) is 3.95. The van der Waals surface area contributed by atoms with Crippen molar-refractivity contribution < 1.29 is 9.13 Å². The Morgan fingerprint density at radius 2 is 2.00 bits per heavy atom. The third-order valence-electron chi connectivity index (χ3n) is 2.60. The molecule has 0 aliphatic rings. The smallest absolute Gasteiger partial charge is 0.223 e. The van der Waals surface area contributed by atoms with E-state index in [2.05, 4.69) is 15.3 Å². The number of ether oxygens (including phenoxy) is 1. The SMILES string of the molecule is CC(C)(C)NCc1cc(F)cnc1Oc1cncc(Cl)c1. The van der Waals surface area contributed by atoms with E-state index >= 15 is 0 Å². The molecule has 0 amide bonds. The molecule has 6 heteroatoms. The van der Waals surface area contributed by atoms with Gasteiger partial charge in [0.1, 0.15) is 11.6 Å². The maximum absolute atomic E-state index is 13.4. The average Bonchev–Trinajstić information content (AvgIpc) is 2.38. The van der Waals surface area contributed by atoms with Crippen molar-refractivity contribution in [1.29, 1.82) is 0 Å². The van der Waals surface area contributed by atoms with Crippen LogP contribution in [0.25, 0.3) is 0 Å². The molecule has 0 fully saturated rings. The lowest BCUT2D eigenvalue weighted by atomic mass is 10.1. The van der Waals surface area contributed by atoms with Crippen molar-refractivity contribution in [1.82, 2.24) is 15.3 Å². The molecule has 2 rings (SSSR count). The van der Waals surface area contributed by atoms with Gasteiger partial charge >= 0.3 is 0 Å². The molecule has 1 N–H and O–H groups in total. The van der Waals surface area contributed by atoms with Gasteiger partial charge in [-0.25, -0.2) is 9.37 Å². The van der Waals surface area contributed by atoms with E-state index in [0.717, 1.165) is 6.20 Å². The van der Waals surface area contributed by atoms with Crippen molar-refractivity contribution in [2.24, 2.45) is 0 Å². The molecular weight excluding hydrogens is 293 g/mol. The number of halogens is 2. The molecule has 0 saturated heterocycles. The van der Waals surface area contributed by atoms with E-state index in [-0.39, 0.29) is 5.54 Å². The third-order valence-corrected chi connectivity index (χ3v) is 2.80. The number of rotatable bonds is 4. The van der Waals surface area contributed by atoms with Crippen LogP contribution in [0.2, 0.25) is 5.02 Å². The fourth-order valence-corrected chi connectivity index (χ4v) is 1.77. The second-order valence-corrected chi connectivity index (χ2v) is 6.10. The number of hydrogen-bond donors (Lipinski definition) is 1. The Kier molecular flexibility index (Phi) is 4.75. The molecule has 21 heavy (non-hydrogen) atoms. The van der Waals surface area contributed by atoms with Crippen LogP contribution in [0, 0.1) is 5.82 Å². The van der Waals surface area contributed by atoms with Gasteiger partial charge < -0.3 is 10.1 Å². The summed E-state index contributed by atoms with van der Waals surface area (Å²) in [4.78, 5) is 7.93. The molecule has 0 aliphatic carbocycles. The van der Waals surface area contributed by atoms with Crippen LogP contribution in [0.4, 0.5) is 4.39 Å². The molecule has 112 valence electrons. The normalized spacial score (nSPS) is 11.5. The van der Waals surface area contributed by atoms with Crippen molar-refractivity contribution >= 4 is 11.6 Å². The molecule has 0 atom stereocenters. The Morgan fingerprint density at radius 1 is 1.24 bits per heavy atom. The Labute approximate surface area is 128 Å². The van der Waals surface area contributed by atoms with Crippen LogP contribution in [-0.2, 0) is 6.54 Å². The zero-order valence-electron chi connectivity index (χ0n) is 12.2. The summed E-state index contributed by atoms with van der Waals surface area (Å²) in [5.41, 5.74) is 0.534. The van der Waals surface area contributed by atoms with E-state index < -0.39 is 5.82 Å². The molecule has 0 radical (unpaired) electrons. The predicted molar refractivity (Wildman–Crippen MR) is 80.1 cm³/mol. The van der Waals surface area contributed by atoms with Crippen LogP contribution in [0.15, 0.2) is 30.7 Å². The van der Waals surface area contributed by atoms with E-state index in [9.17, 15) is 4.39 Å². The minimum Gasteiger partial charge on any atom is -0.437 e. The maximum Gasteiger partial charge on any atom is 0.223 e. The summed E-state index contributed by atoms with van der Waals surface area (Å²) in [5.74, 6) is 0.383. The standard InChI is InChI=1S/C15H17ClFN3O/c1-15(2,3)20-6-10-4-12(17)8-19-14(10)21-13-5-11(16)7-18-9-13/h4-5,7-9,20H,6H2,1-3H3. The number of hydrogen-bond acceptors (Lipinski definition) is 4. The van der Waals surface area contributed by atoms with Gasteiger partial charge in [-0.05, 0) is 26.8 Å². The maximum atomic E-state index is 13.4. The lowest BCUT2D eigenvalue weighted by Crippen LogP contribution is -2.35. The molecule has 0 saturated carbocycles. The fraction of sp³-hybridized carbons (Fsp3) is 0.333. The highest BCUT2D eigenvalue weighted by Gasteiger charge is 2.13. The molecule has 0 aromatic carbocycles. The van der Waals surface area contributed by atoms with Gasteiger partial charge in [0.25, 0.3) is 0 Å². The van der Waals surface area contributed by atoms with Crippen LogP contribution < -0.4 is 10.1 Å². The van der Waals surface area contributed by atoms with Gasteiger partial charge in [-0.2, -0.15) is 0 Å². The van der Waals surface area contributed by atoms with Crippen LogP contribution >= 0.6 is 11.6 Å². The average molecular weight is 310 g/mol. The minimum absolute atomic E-state index is 0.0960. The summed E-state index contributed by atoms with van der Waals surface area (Å²) < 4.78 is 19.0. The largest absolute Gasteiger partial charge is 0.437 e. The van der Waals surface area contributed by atoms with Gasteiger partial charge in [0.2, 0.25) is 5.88 Å². The highest BCUT2D eigenvalue weighted by atomic mass is 35.5. The van der Waals surface area contributed by atoms with Gasteiger partial charge in [0.15, 0.2) is 0 Å². The lowest BCUT2D eigenvalue weighted by molar-refractivity contribution is 0.406. The Morgan fingerprint density at radius 3 is 2.67 bits per heavy atom. The molecule has 2 aromatic rings. The molecular formula is C15H17ClFN3O. The first-order valence-corrected chi connectivity index (χ1v) is 6.89. The highest BCUT2D eigenvalue weighted by molar-refractivity contribution is 6.30. The molecule has 0 aliphatic heterocycles. The Hall–Kier alpha value is -1.72. The highest BCUT2D eigenvalue weighted by Crippen LogP contribution is 2.25. The summed E-state index contributed by atoms with van der Waals surface area (Å²) in [6.07, 6.45) is 4.15. The molecule has 4 nitrogen and oxygen atoms in total. The number of nitrogens with zero attached hydrogens (tertiary/aromatic N) is 2. The van der Waals surface area contributed by atoms with Crippen molar-refractivity contribution in [3.63, 3.8) is 0 Å². The summed E-state index contributed by atoms with van der Waals surface area (Å²) in [5, 5.41) is 3.74. The first-order valence-electron chi connectivity index (χ1n) is 6.51. The number of aromatic nitrogens is 2. The van der Waals surface area contributed by atoms with Crippen LogP contribution in [0.1, 0.15) is 26.3 Å². The first kappa shape index (κ1) is 15.7. The number of nitrogens with one attached hydrogen (secondary N) is 1. The first-order chi connectivity index (χ1) is 9.83. The Balaban J connectivity index is 2.22. The van der Waals surface area contributed by atoms with Gasteiger partial charge in [0.05, 0.1) is 17.4 Å². The monoisotopic (exact) mass is 309 g/mol. The zero-order chi connectivity index (χ0) is 15.5. The van der Waals surface area contributed by atoms with Gasteiger partial charge in [-0.1, -0.05) is 11.6 Å². The lowest BCUT2D eigenvalue weighted by Gasteiger charge is -2.21.